The highest BCUT2D eigenvalue weighted by molar-refractivity contribution is 7.82. The summed E-state index contributed by atoms with van der Waals surface area (Å²) < 4.78 is 13.6. The number of hydrogen-bond acceptors (Lipinski definition) is 5. The maximum absolute atomic E-state index is 11.8. The summed E-state index contributed by atoms with van der Waals surface area (Å²) in [6.07, 6.45) is 3.79. The fraction of sp³-hybridized carbons (Fsp3) is 0.194. The molecule has 1 fully saturated rings. The Balaban J connectivity index is 1.50. The lowest BCUT2D eigenvalue weighted by Crippen LogP contribution is -2.06. The molecule has 40 heavy (non-hydrogen) atoms. The summed E-state index contributed by atoms with van der Waals surface area (Å²) in [5, 5.41) is 22.3. The summed E-state index contributed by atoms with van der Waals surface area (Å²) in [5.41, 5.74) is 8.49. The summed E-state index contributed by atoms with van der Waals surface area (Å²) >= 11 is 1.28. The normalized spacial score (nSPS) is 13.8. The number of carbonyl (C=O) groups is 1. The first-order chi connectivity index (χ1) is 19.4. The van der Waals surface area contributed by atoms with Crippen molar-refractivity contribution in [1.29, 1.82) is 0 Å². The number of thiazole rings is 1. The van der Waals surface area contributed by atoms with E-state index in [1.165, 1.54) is 29.7 Å². The molecule has 0 radical (unpaired) electrons. The number of nitrogens with zero attached hydrogens (tertiary/aromatic N) is 3. The van der Waals surface area contributed by atoms with Crippen LogP contribution in [-0.4, -0.2) is 25.8 Å². The average Bonchev–Trinajstić information content (AvgIpc) is 3.51. The minimum Gasteiger partial charge on any atom is -0.476 e. The monoisotopic (exact) mass is 569 g/mol. The summed E-state index contributed by atoms with van der Waals surface area (Å²) in [6, 6.07) is 24.4. The first-order valence-corrected chi connectivity index (χ1v) is 15.3. The molecule has 1 unspecified atom stereocenters. The molecular formula is C31H29N4O3S2+. The van der Waals surface area contributed by atoms with Crippen LogP contribution in [0.4, 0.5) is 0 Å². The molecule has 0 aliphatic heterocycles. The van der Waals surface area contributed by atoms with Crippen LogP contribution in [0, 0.1) is 12.8 Å². The van der Waals surface area contributed by atoms with Crippen LogP contribution < -0.4 is 5.14 Å². The van der Waals surface area contributed by atoms with Gasteiger partial charge >= 0.3 is 5.97 Å². The van der Waals surface area contributed by atoms with Gasteiger partial charge in [-0.3, -0.25) is 0 Å². The summed E-state index contributed by atoms with van der Waals surface area (Å²) in [4.78, 5) is 16.6. The molecule has 1 saturated carbocycles. The second-order valence-corrected chi connectivity index (χ2v) is 12.3. The van der Waals surface area contributed by atoms with Crippen LogP contribution >= 0.6 is 11.3 Å². The molecule has 2 aromatic heterocycles. The molecule has 9 heteroatoms. The van der Waals surface area contributed by atoms with Crippen molar-refractivity contribution in [3.05, 3.63) is 106 Å². The van der Waals surface area contributed by atoms with Gasteiger partial charge in [-0.2, -0.15) is 5.10 Å². The molecular weight excluding hydrogens is 541 g/mol. The van der Waals surface area contributed by atoms with Crippen LogP contribution in [0.15, 0.2) is 83.1 Å². The standard InChI is InChI=1S/C31H28N4O3S2/c1-19-5-11-22(12-6-19)23-3-2-4-24(17-23)29-26(15-20-9-13-25(14-10-20)40(32)38)28(16-21-7-8-21)35(34-29)31-33-27(18-39-31)30(36)37/h2-6,9-14,17-18,21H,7-8,15-16H2,1H3,(H2,32,38)(H,36,37)/p+1. The topological polar surface area (TPSA) is 111 Å². The van der Waals surface area contributed by atoms with Crippen LogP contribution in [0.3, 0.4) is 0 Å². The molecule has 2 heterocycles. The van der Waals surface area contributed by atoms with Crippen molar-refractivity contribution in [2.45, 2.75) is 37.5 Å². The minimum absolute atomic E-state index is 0.0174. The Bertz CT molecular complexity index is 1720. The van der Waals surface area contributed by atoms with Gasteiger partial charge in [-0.05, 0) is 67.0 Å². The molecule has 0 spiro atoms. The van der Waals surface area contributed by atoms with E-state index in [2.05, 4.69) is 54.4 Å². The van der Waals surface area contributed by atoms with Gasteiger partial charge in [0.15, 0.2) is 21.6 Å². The van der Waals surface area contributed by atoms with E-state index in [9.17, 15) is 14.1 Å². The van der Waals surface area contributed by atoms with Gasteiger partial charge in [-0.15, -0.1) is 16.5 Å². The molecule has 1 aliphatic carbocycles. The van der Waals surface area contributed by atoms with Gasteiger partial charge in [0, 0.05) is 22.9 Å². The highest BCUT2D eigenvalue weighted by atomic mass is 32.2. The number of aromatic nitrogens is 3. The fourth-order valence-corrected chi connectivity index (χ4v) is 6.10. The predicted molar refractivity (Wildman–Crippen MR) is 159 cm³/mol. The second kappa shape index (κ2) is 10.9. The van der Waals surface area contributed by atoms with Crippen LogP contribution in [-0.2, 0) is 28.0 Å². The van der Waals surface area contributed by atoms with Crippen LogP contribution in [0.25, 0.3) is 27.5 Å². The quantitative estimate of drug-likeness (QED) is 0.164. The molecule has 6 rings (SSSR count). The fourth-order valence-electron chi connectivity index (χ4n) is 4.88. The van der Waals surface area contributed by atoms with E-state index < -0.39 is 17.0 Å². The van der Waals surface area contributed by atoms with Gasteiger partial charge in [0.1, 0.15) is 0 Å². The summed E-state index contributed by atoms with van der Waals surface area (Å²) in [5.74, 6) is -0.480. The zero-order valence-corrected chi connectivity index (χ0v) is 23.7. The average molecular weight is 570 g/mol. The Morgan fingerprint density at radius 3 is 2.42 bits per heavy atom. The van der Waals surface area contributed by atoms with E-state index in [-0.39, 0.29) is 5.69 Å². The van der Waals surface area contributed by atoms with Crippen molar-refractivity contribution in [2.75, 3.05) is 0 Å². The number of nitrogens with two attached hydrogens (primary N) is 1. The van der Waals surface area contributed by atoms with E-state index in [1.807, 2.05) is 35.0 Å². The van der Waals surface area contributed by atoms with Gasteiger partial charge in [-0.25, -0.2) is 14.5 Å². The largest absolute Gasteiger partial charge is 0.476 e. The minimum atomic E-state index is -1.90. The number of aromatic carboxylic acids is 1. The Morgan fingerprint density at radius 1 is 1.05 bits per heavy atom. The molecule has 202 valence electrons. The van der Waals surface area contributed by atoms with E-state index in [1.54, 1.807) is 5.38 Å². The van der Waals surface area contributed by atoms with Crippen molar-refractivity contribution in [3.8, 4) is 27.5 Å². The number of thiol groups is 1. The number of carboxylic acid groups (broad SMARTS) is 1. The lowest BCUT2D eigenvalue weighted by molar-refractivity contribution is 0.0691. The molecule has 3 N–H and O–H groups in total. The van der Waals surface area contributed by atoms with Gasteiger partial charge in [0.2, 0.25) is 5.13 Å². The Kier molecular flexibility index (Phi) is 7.18. The van der Waals surface area contributed by atoms with Gasteiger partial charge in [0.05, 0.1) is 11.4 Å². The number of carboxylic acids is 1. The second-order valence-electron chi connectivity index (χ2n) is 10.3. The molecule has 0 bridgehead atoms. The number of benzene rings is 3. The summed E-state index contributed by atoms with van der Waals surface area (Å²) in [7, 11) is -1.90. The number of rotatable bonds is 9. The maximum atomic E-state index is 11.8. The number of hydrogen-bond donors (Lipinski definition) is 2. The van der Waals surface area contributed by atoms with Crippen molar-refractivity contribution in [3.63, 3.8) is 0 Å². The third-order valence-electron chi connectivity index (χ3n) is 7.25. The van der Waals surface area contributed by atoms with Gasteiger partial charge < -0.3 is 5.11 Å². The molecule has 1 aliphatic rings. The number of aryl methyl sites for hydroxylation is 1. The van der Waals surface area contributed by atoms with Crippen LogP contribution in [0.2, 0.25) is 0 Å². The van der Waals surface area contributed by atoms with E-state index in [4.69, 9.17) is 10.2 Å². The summed E-state index contributed by atoms with van der Waals surface area (Å²) in [6.45, 7) is 2.08. The van der Waals surface area contributed by atoms with Crippen molar-refractivity contribution in [2.24, 2.45) is 11.1 Å². The lowest BCUT2D eigenvalue weighted by Gasteiger charge is -2.10. The lowest BCUT2D eigenvalue weighted by atomic mass is 9.95. The molecule has 0 saturated heterocycles. The SMILES string of the molecule is Cc1ccc(-c2cccc(-c3nn(-c4nc(C(=O)O)cs4)c(CC4CC4)c3Cc3ccc([SH+](N)=O)cc3)c2)cc1. The Labute approximate surface area is 238 Å². The third-order valence-corrected chi connectivity index (χ3v) is 8.88. The Morgan fingerprint density at radius 2 is 1.77 bits per heavy atom. The van der Waals surface area contributed by atoms with E-state index in [0.29, 0.717) is 22.4 Å². The molecule has 7 nitrogen and oxygen atoms in total. The zero-order valence-electron chi connectivity index (χ0n) is 21.9. The van der Waals surface area contributed by atoms with Crippen LogP contribution in [0.1, 0.15) is 45.7 Å². The molecule has 0 amide bonds. The highest BCUT2D eigenvalue weighted by Crippen LogP contribution is 2.38. The smallest absolute Gasteiger partial charge is 0.355 e. The van der Waals surface area contributed by atoms with Crippen molar-refractivity contribution in [1.82, 2.24) is 14.8 Å². The predicted octanol–water partition coefficient (Wildman–Crippen LogP) is 6.14. The van der Waals surface area contributed by atoms with Gasteiger partial charge in [-0.1, -0.05) is 64.4 Å². The Hall–Kier alpha value is -3.92. The first-order valence-electron chi connectivity index (χ1n) is 13.1. The van der Waals surface area contributed by atoms with Crippen molar-refractivity contribution < 1.29 is 14.1 Å². The van der Waals surface area contributed by atoms with E-state index in [0.717, 1.165) is 45.6 Å². The highest BCUT2D eigenvalue weighted by Gasteiger charge is 2.29. The van der Waals surface area contributed by atoms with Crippen LogP contribution in [0.5, 0.6) is 0 Å². The molecule has 1 atom stereocenters. The van der Waals surface area contributed by atoms with E-state index >= 15 is 0 Å². The third kappa shape index (κ3) is 5.54. The molecule has 3 aromatic carbocycles. The van der Waals surface area contributed by atoms with Crippen molar-refractivity contribution >= 4 is 28.3 Å². The van der Waals surface area contributed by atoms with Gasteiger partial charge in [0.25, 0.3) is 0 Å². The zero-order chi connectivity index (χ0) is 27.8. The first kappa shape index (κ1) is 26.3. The molecule has 5 aromatic rings. The maximum Gasteiger partial charge on any atom is 0.355 e.